The summed E-state index contributed by atoms with van der Waals surface area (Å²) in [6.07, 6.45) is 1.30. The predicted molar refractivity (Wildman–Crippen MR) is 88.9 cm³/mol. The number of nitrogens with one attached hydrogen (secondary N) is 1. The van der Waals surface area contributed by atoms with Gasteiger partial charge >= 0.3 is 0 Å². The molecular formula is C16H14Cl2FN3O2. The number of rotatable bonds is 1. The van der Waals surface area contributed by atoms with Crippen molar-refractivity contribution in [3.8, 4) is 0 Å². The van der Waals surface area contributed by atoms with Crippen LogP contribution in [0.4, 0.5) is 4.39 Å². The Morgan fingerprint density at radius 2 is 2.04 bits per heavy atom. The second-order valence-corrected chi connectivity index (χ2v) is 6.88. The number of carbonyl (C=O) groups is 2. The molecule has 1 atom stereocenters. The Labute approximate surface area is 147 Å². The molecule has 1 aromatic heterocycles. The monoisotopic (exact) mass is 369 g/mol. The molecule has 0 saturated carbocycles. The van der Waals surface area contributed by atoms with Crippen molar-refractivity contribution in [2.45, 2.75) is 18.9 Å². The molecule has 0 unspecified atom stereocenters. The Balaban J connectivity index is 1.66. The third-order valence-electron chi connectivity index (χ3n) is 4.79. The molecule has 2 aliphatic heterocycles. The standard InChI is InChI=1S/C16H14Cl2FN3O2/c17-13-9(19)2-3-10-12(13)14(18)15(20-10)16(24)21-5-6-22-8(7-21)1-4-11(22)23/h2-3,8,20H,1,4-7H2/t8-/m1/s1. The number of H-pyrrole nitrogens is 1. The van der Waals surface area contributed by atoms with Gasteiger partial charge in [-0.1, -0.05) is 23.2 Å². The third kappa shape index (κ3) is 2.28. The molecule has 3 heterocycles. The number of aromatic nitrogens is 1. The molecule has 0 spiro atoms. The number of piperazine rings is 1. The summed E-state index contributed by atoms with van der Waals surface area (Å²) in [5.74, 6) is -0.688. The molecule has 0 aliphatic carbocycles. The van der Waals surface area contributed by atoms with E-state index >= 15 is 0 Å². The summed E-state index contributed by atoms with van der Waals surface area (Å²) in [5, 5.41) is 0.347. The summed E-state index contributed by atoms with van der Waals surface area (Å²) in [6.45, 7) is 1.47. The van der Waals surface area contributed by atoms with Crippen LogP contribution >= 0.6 is 23.2 Å². The first-order chi connectivity index (χ1) is 11.5. The first kappa shape index (κ1) is 15.7. The molecule has 126 valence electrons. The van der Waals surface area contributed by atoms with Gasteiger partial charge in [-0.25, -0.2) is 4.39 Å². The van der Waals surface area contributed by atoms with Gasteiger partial charge in [0.2, 0.25) is 5.91 Å². The largest absolute Gasteiger partial charge is 0.349 e. The Kier molecular flexibility index (Phi) is 3.69. The van der Waals surface area contributed by atoms with Crippen LogP contribution in [0.5, 0.6) is 0 Å². The average molecular weight is 370 g/mol. The van der Waals surface area contributed by atoms with Crippen molar-refractivity contribution in [2.75, 3.05) is 19.6 Å². The number of hydrogen-bond donors (Lipinski definition) is 1. The van der Waals surface area contributed by atoms with Gasteiger partial charge in [0.25, 0.3) is 5.91 Å². The van der Waals surface area contributed by atoms with Crippen molar-refractivity contribution in [3.63, 3.8) is 0 Å². The molecule has 8 heteroatoms. The van der Waals surface area contributed by atoms with Crippen LogP contribution in [0.2, 0.25) is 10.0 Å². The van der Waals surface area contributed by atoms with Crippen LogP contribution in [-0.2, 0) is 4.79 Å². The molecule has 2 fully saturated rings. The minimum absolute atomic E-state index is 0.0689. The molecule has 0 bridgehead atoms. The van der Waals surface area contributed by atoms with Gasteiger partial charge in [0.15, 0.2) is 0 Å². The number of benzene rings is 1. The zero-order chi connectivity index (χ0) is 17.0. The molecule has 24 heavy (non-hydrogen) atoms. The second kappa shape index (κ2) is 5.63. The van der Waals surface area contributed by atoms with Crippen LogP contribution in [0, 0.1) is 5.82 Å². The normalized spacial score (nSPS) is 20.8. The molecule has 0 radical (unpaired) electrons. The van der Waals surface area contributed by atoms with E-state index in [9.17, 15) is 14.0 Å². The average Bonchev–Trinajstić information content (AvgIpc) is 3.11. The third-order valence-corrected chi connectivity index (χ3v) is 5.54. The zero-order valence-corrected chi connectivity index (χ0v) is 14.1. The summed E-state index contributed by atoms with van der Waals surface area (Å²) >= 11 is 12.3. The van der Waals surface area contributed by atoms with Crippen LogP contribution in [0.15, 0.2) is 12.1 Å². The van der Waals surface area contributed by atoms with Gasteiger partial charge in [0.05, 0.1) is 10.0 Å². The molecule has 2 aliphatic rings. The fraction of sp³-hybridized carbons (Fsp3) is 0.375. The molecule has 2 aromatic rings. The molecular weight excluding hydrogens is 356 g/mol. The lowest BCUT2D eigenvalue weighted by Gasteiger charge is -2.37. The maximum Gasteiger partial charge on any atom is 0.271 e. The summed E-state index contributed by atoms with van der Waals surface area (Å²) < 4.78 is 13.6. The Morgan fingerprint density at radius 1 is 1.25 bits per heavy atom. The number of halogens is 3. The van der Waals surface area contributed by atoms with Gasteiger partial charge < -0.3 is 14.8 Å². The highest BCUT2D eigenvalue weighted by molar-refractivity contribution is 6.44. The van der Waals surface area contributed by atoms with E-state index in [-0.39, 0.29) is 33.6 Å². The van der Waals surface area contributed by atoms with Gasteiger partial charge in [-0.15, -0.1) is 0 Å². The van der Waals surface area contributed by atoms with E-state index in [4.69, 9.17) is 23.2 Å². The van der Waals surface area contributed by atoms with E-state index < -0.39 is 5.82 Å². The lowest BCUT2D eigenvalue weighted by atomic mass is 10.1. The van der Waals surface area contributed by atoms with Crippen molar-refractivity contribution in [3.05, 3.63) is 33.7 Å². The van der Waals surface area contributed by atoms with Crippen LogP contribution in [0.3, 0.4) is 0 Å². The Morgan fingerprint density at radius 3 is 2.83 bits per heavy atom. The molecule has 1 N–H and O–H groups in total. The van der Waals surface area contributed by atoms with E-state index in [1.165, 1.54) is 12.1 Å². The van der Waals surface area contributed by atoms with E-state index in [1.807, 2.05) is 4.90 Å². The number of nitrogens with zero attached hydrogens (tertiary/aromatic N) is 2. The second-order valence-electron chi connectivity index (χ2n) is 6.13. The lowest BCUT2D eigenvalue weighted by molar-refractivity contribution is -0.130. The summed E-state index contributed by atoms with van der Waals surface area (Å²) in [7, 11) is 0. The highest BCUT2D eigenvalue weighted by Crippen LogP contribution is 2.35. The van der Waals surface area contributed by atoms with Crippen molar-refractivity contribution < 1.29 is 14.0 Å². The molecule has 5 nitrogen and oxygen atoms in total. The smallest absolute Gasteiger partial charge is 0.271 e. The van der Waals surface area contributed by atoms with E-state index in [0.29, 0.717) is 37.0 Å². The first-order valence-corrected chi connectivity index (χ1v) is 8.47. The minimum atomic E-state index is -0.581. The maximum absolute atomic E-state index is 13.6. The molecule has 4 rings (SSSR count). The molecule has 2 amide bonds. The van der Waals surface area contributed by atoms with Crippen molar-refractivity contribution in [1.82, 2.24) is 14.8 Å². The number of hydrogen-bond acceptors (Lipinski definition) is 2. The zero-order valence-electron chi connectivity index (χ0n) is 12.6. The van der Waals surface area contributed by atoms with Crippen molar-refractivity contribution in [2.24, 2.45) is 0 Å². The minimum Gasteiger partial charge on any atom is -0.349 e. The van der Waals surface area contributed by atoms with Gasteiger partial charge in [-0.05, 0) is 18.6 Å². The summed E-state index contributed by atoms with van der Waals surface area (Å²) in [5.41, 5.74) is 0.723. The number of amides is 2. The predicted octanol–water partition coefficient (Wildman–Crippen LogP) is 3.06. The molecule has 1 aromatic carbocycles. The Hall–Kier alpha value is -1.79. The van der Waals surface area contributed by atoms with E-state index in [0.717, 1.165) is 6.42 Å². The van der Waals surface area contributed by atoms with Gasteiger partial charge in [0.1, 0.15) is 11.5 Å². The first-order valence-electron chi connectivity index (χ1n) is 7.71. The van der Waals surface area contributed by atoms with Crippen molar-refractivity contribution >= 4 is 45.9 Å². The van der Waals surface area contributed by atoms with Gasteiger partial charge in [0, 0.05) is 43.0 Å². The van der Waals surface area contributed by atoms with Crippen LogP contribution < -0.4 is 0 Å². The van der Waals surface area contributed by atoms with E-state index in [2.05, 4.69) is 4.98 Å². The number of aromatic amines is 1. The van der Waals surface area contributed by atoms with Crippen LogP contribution in [-0.4, -0.2) is 52.3 Å². The Bertz CT molecular complexity index is 867. The SMILES string of the molecule is O=C(c1[nH]c2ccc(F)c(Cl)c2c1Cl)N1CCN2C(=O)CC[C@@H]2C1. The topological polar surface area (TPSA) is 56.4 Å². The van der Waals surface area contributed by atoms with Gasteiger partial charge in [-0.2, -0.15) is 0 Å². The van der Waals surface area contributed by atoms with Crippen molar-refractivity contribution in [1.29, 1.82) is 0 Å². The molecule has 2 saturated heterocycles. The number of carbonyl (C=O) groups excluding carboxylic acids is 2. The highest BCUT2D eigenvalue weighted by Gasteiger charge is 2.37. The van der Waals surface area contributed by atoms with E-state index in [1.54, 1.807) is 4.90 Å². The summed E-state index contributed by atoms with van der Waals surface area (Å²) in [4.78, 5) is 31.0. The van der Waals surface area contributed by atoms with Crippen LogP contribution in [0.25, 0.3) is 10.9 Å². The fourth-order valence-electron chi connectivity index (χ4n) is 3.54. The van der Waals surface area contributed by atoms with Gasteiger partial charge in [-0.3, -0.25) is 9.59 Å². The lowest BCUT2D eigenvalue weighted by Crippen LogP contribution is -2.53. The number of fused-ring (bicyclic) bond motifs is 2. The maximum atomic E-state index is 13.6. The quantitative estimate of drug-likeness (QED) is 0.839. The summed E-state index contributed by atoms with van der Waals surface area (Å²) in [6, 6.07) is 2.81. The highest BCUT2D eigenvalue weighted by atomic mass is 35.5. The fourth-order valence-corrected chi connectivity index (χ4v) is 4.17. The van der Waals surface area contributed by atoms with Crippen LogP contribution in [0.1, 0.15) is 23.3 Å².